The van der Waals surface area contributed by atoms with E-state index in [0.717, 1.165) is 15.6 Å². The Labute approximate surface area is 148 Å². The molecule has 0 bridgehead atoms. The maximum atomic E-state index is 12.7. The van der Waals surface area contributed by atoms with Crippen LogP contribution in [0.1, 0.15) is 24.0 Å². The summed E-state index contributed by atoms with van der Waals surface area (Å²) in [4.78, 5) is -0.205. The second kappa shape index (κ2) is 5.77. The zero-order valence-corrected chi connectivity index (χ0v) is 15.5. The molecule has 0 spiro atoms. The molecule has 2 N–H and O–H groups in total. The molecule has 0 aliphatic heterocycles. The second-order valence-corrected chi connectivity index (χ2v) is 8.71. The SMILES string of the molecule is Cc1ccc(Br)cc1C1(NS(=O)(=O)c2cccc(Cl)c2O)CC1. The molecule has 0 saturated heterocycles. The normalized spacial score (nSPS) is 16.3. The highest BCUT2D eigenvalue weighted by Crippen LogP contribution is 2.48. The van der Waals surface area contributed by atoms with Crippen LogP contribution < -0.4 is 4.72 Å². The number of sulfonamides is 1. The largest absolute Gasteiger partial charge is 0.505 e. The van der Waals surface area contributed by atoms with Gasteiger partial charge < -0.3 is 5.11 Å². The number of phenols is 1. The van der Waals surface area contributed by atoms with Gasteiger partial charge in [-0.3, -0.25) is 0 Å². The van der Waals surface area contributed by atoms with Gasteiger partial charge in [0.25, 0.3) is 0 Å². The lowest BCUT2D eigenvalue weighted by Crippen LogP contribution is -2.35. The number of benzene rings is 2. The van der Waals surface area contributed by atoms with Gasteiger partial charge in [-0.1, -0.05) is 39.7 Å². The third-order valence-corrected chi connectivity index (χ3v) is 6.40. The average molecular weight is 417 g/mol. The van der Waals surface area contributed by atoms with E-state index in [2.05, 4.69) is 20.7 Å². The predicted molar refractivity (Wildman–Crippen MR) is 93.2 cm³/mol. The lowest BCUT2D eigenvalue weighted by Gasteiger charge is -2.21. The summed E-state index contributed by atoms with van der Waals surface area (Å²) < 4.78 is 29.0. The third-order valence-electron chi connectivity index (χ3n) is 4.03. The van der Waals surface area contributed by atoms with E-state index in [1.807, 2.05) is 25.1 Å². The molecule has 0 unspecified atom stereocenters. The molecule has 1 aliphatic carbocycles. The number of hydrogen-bond acceptors (Lipinski definition) is 3. The molecule has 7 heteroatoms. The molecule has 4 nitrogen and oxygen atoms in total. The number of aryl methyl sites for hydroxylation is 1. The van der Waals surface area contributed by atoms with Crippen molar-refractivity contribution in [2.75, 3.05) is 0 Å². The first-order valence-corrected chi connectivity index (χ1v) is 9.69. The minimum absolute atomic E-state index is 0.0105. The van der Waals surface area contributed by atoms with Gasteiger partial charge in [0.1, 0.15) is 4.90 Å². The highest BCUT2D eigenvalue weighted by atomic mass is 79.9. The van der Waals surface area contributed by atoms with Crippen LogP contribution in [-0.2, 0) is 15.6 Å². The van der Waals surface area contributed by atoms with Crippen molar-refractivity contribution in [3.8, 4) is 5.75 Å². The molecule has 2 aromatic rings. The Balaban J connectivity index is 2.00. The van der Waals surface area contributed by atoms with Crippen molar-refractivity contribution in [3.63, 3.8) is 0 Å². The molecule has 1 fully saturated rings. The highest BCUT2D eigenvalue weighted by Gasteiger charge is 2.48. The number of rotatable bonds is 4. The highest BCUT2D eigenvalue weighted by molar-refractivity contribution is 9.10. The fraction of sp³-hybridized carbons (Fsp3) is 0.250. The van der Waals surface area contributed by atoms with E-state index in [0.29, 0.717) is 12.8 Å². The molecule has 3 rings (SSSR count). The average Bonchev–Trinajstić information content (AvgIpc) is 3.24. The monoisotopic (exact) mass is 415 g/mol. The maximum Gasteiger partial charge on any atom is 0.245 e. The van der Waals surface area contributed by atoms with E-state index in [1.165, 1.54) is 18.2 Å². The van der Waals surface area contributed by atoms with E-state index in [9.17, 15) is 13.5 Å². The topological polar surface area (TPSA) is 66.4 Å². The summed E-state index contributed by atoms with van der Waals surface area (Å²) >= 11 is 9.25. The van der Waals surface area contributed by atoms with E-state index < -0.39 is 21.3 Å². The first-order chi connectivity index (χ1) is 10.8. The molecule has 0 radical (unpaired) electrons. The molecule has 0 atom stereocenters. The standard InChI is InChI=1S/C16H15BrClNO3S/c1-10-5-6-11(17)9-12(10)16(7-8-16)19-23(21,22)14-4-2-3-13(18)15(14)20/h2-6,9,19-20H,7-8H2,1H3. The van der Waals surface area contributed by atoms with Crippen molar-refractivity contribution in [2.24, 2.45) is 0 Å². The number of aromatic hydroxyl groups is 1. The Morgan fingerprint density at radius 3 is 2.61 bits per heavy atom. The third kappa shape index (κ3) is 3.13. The molecular formula is C16H15BrClNO3S. The number of para-hydroxylation sites is 1. The molecule has 23 heavy (non-hydrogen) atoms. The maximum absolute atomic E-state index is 12.7. The Kier molecular flexibility index (Phi) is 4.21. The summed E-state index contributed by atoms with van der Waals surface area (Å²) in [6, 6.07) is 10.1. The van der Waals surface area contributed by atoms with Gasteiger partial charge in [-0.2, -0.15) is 0 Å². The summed E-state index contributed by atoms with van der Waals surface area (Å²) in [5.74, 6) is -0.427. The van der Waals surface area contributed by atoms with Crippen molar-refractivity contribution in [3.05, 3.63) is 57.0 Å². The fourth-order valence-corrected chi connectivity index (χ4v) is 4.84. The Bertz CT molecular complexity index is 879. The van der Waals surface area contributed by atoms with Gasteiger partial charge in [0.15, 0.2) is 5.75 Å². The summed E-state index contributed by atoms with van der Waals surface area (Å²) in [5.41, 5.74) is 1.34. The Morgan fingerprint density at radius 1 is 1.26 bits per heavy atom. The first-order valence-electron chi connectivity index (χ1n) is 7.03. The van der Waals surface area contributed by atoms with E-state index >= 15 is 0 Å². The lowest BCUT2D eigenvalue weighted by atomic mass is 10.0. The second-order valence-electron chi connectivity index (χ2n) is 5.73. The van der Waals surface area contributed by atoms with E-state index in [1.54, 1.807) is 0 Å². The predicted octanol–water partition coefficient (Wildman–Crippen LogP) is 4.08. The van der Waals surface area contributed by atoms with Crippen molar-refractivity contribution < 1.29 is 13.5 Å². The summed E-state index contributed by atoms with van der Waals surface area (Å²) in [6.07, 6.45) is 1.43. The molecular weight excluding hydrogens is 402 g/mol. The number of hydrogen-bond donors (Lipinski definition) is 2. The Hall–Kier alpha value is -1.08. The number of phenolic OH excluding ortho intramolecular Hbond substituents is 1. The van der Waals surface area contributed by atoms with Crippen LogP contribution in [0.4, 0.5) is 0 Å². The zero-order valence-electron chi connectivity index (χ0n) is 12.3. The van der Waals surface area contributed by atoms with Crippen LogP contribution in [-0.4, -0.2) is 13.5 Å². The van der Waals surface area contributed by atoms with Gasteiger partial charge in [0.2, 0.25) is 10.0 Å². The minimum Gasteiger partial charge on any atom is -0.505 e. The number of halogens is 2. The molecule has 0 amide bonds. The zero-order chi connectivity index (χ0) is 16.8. The van der Waals surface area contributed by atoms with Crippen molar-refractivity contribution >= 4 is 37.6 Å². The molecule has 0 aromatic heterocycles. The van der Waals surface area contributed by atoms with Crippen molar-refractivity contribution in [1.82, 2.24) is 4.72 Å². The Morgan fingerprint density at radius 2 is 1.96 bits per heavy atom. The van der Waals surface area contributed by atoms with Crippen molar-refractivity contribution in [2.45, 2.75) is 30.2 Å². The molecule has 0 heterocycles. The van der Waals surface area contributed by atoms with Crippen LogP contribution in [0.5, 0.6) is 5.75 Å². The van der Waals surface area contributed by atoms with Crippen LogP contribution in [0.15, 0.2) is 45.8 Å². The van der Waals surface area contributed by atoms with Crippen LogP contribution in [0, 0.1) is 6.92 Å². The van der Waals surface area contributed by atoms with Crippen LogP contribution in [0.25, 0.3) is 0 Å². The molecule has 122 valence electrons. The van der Waals surface area contributed by atoms with Crippen LogP contribution in [0.3, 0.4) is 0 Å². The van der Waals surface area contributed by atoms with Gasteiger partial charge in [-0.25, -0.2) is 13.1 Å². The summed E-state index contributed by atoms with van der Waals surface area (Å²) in [5, 5.41) is 9.97. The van der Waals surface area contributed by atoms with Gasteiger partial charge in [0, 0.05) is 4.47 Å². The molecule has 1 saturated carbocycles. The quantitative estimate of drug-likeness (QED) is 0.789. The van der Waals surface area contributed by atoms with Gasteiger partial charge in [0.05, 0.1) is 10.6 Å². The smallest absolute Gasteiger partial charge is 0.245 e. The summed E-state index contributed by atoms with van der Waals surface area (Å²) in [7, 11) is -3.89. The fourth-order valence-electron chi connectivity index (χ4n) is 2.69. The molecule has 1 aliphatic rings. The van der Waals surface area contributed by atoms with E-state index in [4.69, 9.17) is 11.6 Å². The summed E-state index contributed by atoms with van der Waals surface area (Å²) in [6.45, 7) is 1.95. The first kappa shape index (κ1) is 16.8. The van der Waals surface area contributed by atoms with Crippen LogP contribution in [0.2, 0.25) is 5.02 Å². The van der Waals surface area contributed by atoms with Gasteiger partial charge in [-0.05, 0) is 55.2 Å². The van der Waals surface area contributed by atoms with Crippen LogP contribution >= 0.6 is 27.5 Å². The van der Waals surface area contributed by atoms with E-state index in [-0.39, 0.29) is 9.92 Å². The number of nitrogens with one attached hydrogen (secondary N) is 1. The van der Waals surface area contributed by atoms with Gasteiger partial charge >= 0.3 is 0 Å². The minimum atomic E-state index is -3.89. The van der Waals surface area contributed by atoms with Gasteiger partial charge in [-0.15, -0.1) is 0 Å². The van der Waals surface area contributed by atoms with Crippen molar-refractivity contribution in [1.29, 1.82) is 0 Å². The lowest BCUT2D eigenvalue weighted by molar-refractivity contribution is 0.457. The molecule has 2 aromatic carbocycles.